The molecule has 0 aromatic heterocycles. The number of rotatable bonds is 6. The second kappa shape index (κ2) is 6.31. The summed E-state index contributed by atoms with van der Waals surface area (Å²) in [6.45, 7) is 3.13. The molecule has 2 atom stereocenters. The molecule has 1 aliphatic heterocycles. The van der Waals surface area contributed by atoms with E-state index < -0.39 is 6.29 Å². The Morgan fingerprint density at radius 3 is 2.57 bits per heavy atom. The van der Waals surface area contributed by atoms with Gasteiger partial charge in [0.05, 0.1) is 13.2 Å². The van der Waals surface area contributed by atoms with Crippen LogP contribution in [0.15, 0.2) is 0 Å². The Bertz CT molecular complexity index is 151. The van der Waals surface area contributed by atoms with Crippen molar-refractivity contribution in [2.75, 3.05) is 32.8 Å². The number of nitrogens with zero attached hydrogens (tertiary/aromatic N) is 1. The molecule has 1 saturated heterocycles. The van der Waals surface area contributed by atoms with E-state index in [4.69, 9.17) is 16.2 Å². The molecule has 2 unspecified atom stereocenters. The number of nitrogens with two attached hydrogens (primary N) is 2. The topological polar surface area (TPSA) is 84.4 Å². The zero-order valence-corrected chi connectivity index (χ0v) is 8.52. The Morgan fingerprint density at radius 1 is 1.36 bits per heavy atom. The molecule has 5 nitrogen and oxygen atoms in total. The lowest BCUT2D eigenvalue weighted by molar-refractivity contribution is -0.151. The summed E-state index contributed by atoms with van der Waals surface area (Å²) < 4.78 is 5.05. The summed E-state index contributed by atoms with van der Waals surface area (Å²) >= 11 is 0. The first-order chi connectivity index (χ1) is 6.72. The third-order valence-electron chi connectivity index (χ3n) is 2.40. The molecule has 5 heteroatoms. The van der Waals surface area contributed by atoms with Crippen molar-refractivity contribution in [2.24, 2.45) is 11.5 Å². The summed E-state index contributed by atoms with van der Waals surface area (Å²) in [6, 6.07) is -0.218. The predicted molar refractivity (Wildman–Crippen MR) is 53.1 cm³/mol. The van der Waals surface area contributed by atoms with Crippen LogP contribution in [0.2, 0.25) is 0 Å². The molecule has 0 aromatic carbocycles. The summed E-state index contributed by atoms with van der Waals surface area (Å²) in [5.74, 6) is 0. The standard InChI is InChI=1S/C9H20N3O2/c10-5-8(11)7-14-9(13)6-12-3-1-2-4-12/h8-9H,1-7,10-11H2. The highest BCUT2D eigenvalue weighted by atomic mass is 16.6. The maximum atomic E-state index is 11.3. The Balaban J connectivity index is 2.05. The van der Waals surface area contributed by atoms with Crippen LogP contribution in [-0.2, 0) is 9.84 Å². The number of ether oxygens (including phenoxy) is 1. The molecule has 1 rings (SSSR count). The lowest BCUT2D eigenvalue weighted by Gasteiger charge is -2.19. The molecule has 83 valence electrons. The molecular formula is C9H20N3O2. The maximum Gasteiger partial charge on any atom is 0.204 e. The van der Waals surface area contributed by atoms with Gasteiger partial charge < -0.3 is 16.2 Å². The molecule has 0 spiro atoms. The predicted octanol–water partition coefficient (Wildman–Crippen LogP) is -0.859. The molecule has 0 amide bonds. The van der Waals surface area contributed by atoms with Crippen molar-refractivity contribution in [1.82, 2.24) is 4.90 Å². The van der Waals surface area contributed by atoms with Crippen LogP contribution in [0.1, 0.15) is 12.8 Å². The first-order valence-corrected chi connectivity index (χ1v) is 5.18. The van der Waals surface area contributed by atoms with E-state index >= 15 is 0 Å². The first-order valence-electron chi connectivity index (χ1n) is 5.18. The lowest BCUT2D eigenvalue weighted by atomic mass is 10.3. The maximum absolute atomic E-state index is 11.3. The molecule has 0 saturated carbocycles. The Kier molecular flexibility index (Phi) is 5.36. The minimum absolute atomic E-state index is 0.218. The van der Waals surface area contributed by atoms with Gasteiger partial charge in [-0.05, 0) is 25.9 Å². The van der Waals surface area contributed by atoms with Crippen molar-refractivity contribution in [3.8, 4) is 0 Å². The lowest BCUT2D eigenvalue weighted by Crippen LogP contribution is -2.38. The monoisotopic (exact) mass is 202 g/mol. The normalized spacial score (nSPS) is 22.5. The zero-order valence-electron chi connectivity index (χ0n) is 8.52. The average Bonchev–Trinajstić information content (AvgIpc) is 2.66. The molecule has 0 aromatic rings. The van der Waals surface area contributed by atoms with E-state index in [1.54, 1.807) is 0 Å². The highest BCUT2D eigenvalue weighted by Gasteiger charge is 2.17. The van der Waals surface area contributed by atoms with E-state index in [1.165, 1.54) is 12.8 Å². The van der Waals surface area contributed by atoms with Crippen LogP contribution in [0.4, 0.5) is 0 Å². The number of likely N-dealkylation sites (tertiary alicyclic amines) is 1. The van der Waals surface area contributed by atoms with Crippen molar-refractivity contribution in [3.05, 3.63) is 0 Å². The zero-order chi connectivity index (χ0) is 10.4. The summed E-state index contributed by atoms with van der Waals surface area (Å²) in [6.07, 6.45) is 1.40. The number of hydrogen-bond donors (Lipinski definition) is 2. The number of hydrogen-bond acceptors (Lipinski definition) is 4. The van der Waals surface area contributed by atoms with Gasteiger partial charge in [0, 0.05) is 12.6 Å². The van der Waals surface area contributed by atoms with Gasteiger partial charge in [-0.3, -0.25) is 4.90 Å². The third kappa shape index (κ3) is 4.34. The van der Waals surface area contributed by atoms with Crippen LogP contribution < -0.4 is 11.5 Å². The fourth-order valence-electron chi connectivity index (χ4n) is 1.53. The van der Waals surface area contributed by atoms with Crippen LogP contribution in [0, 0.1) is 0 Å². The van der Waals surface area contributed by atoms with E-state index in [-0.39, 0.29) is 12.6 Å². The minimum atomic E-state index is -0.981. The fraction of sp³-hybridized carbons (Fsp3) is 1.00. The van der Waals surface area contributed by atoms with Crippen LogP contribution in [0.3, 0.4) is 0 Å². The van der Waals surface area contributed by atoms with E-state index in [0.717, 1.165) is 13.1 Å². The van der Waals surface area contributed by atoms with Gasteiger partial charge in [-0.1, -0.05) is 0 Å². The summed E-state index contributed by atoms with van der Waals surface area (Å²) in [5, 5.41) is 11.3. The van der Waals surface area contributed by atoms with E-state index in [0.29, 0.717) is 13.1 Å². The Morgan fingerprint density at radius 2 is 2.00 bits per heavy atom. The van der Waals surface area contributed by atoms with Gasteiger partial charge in [0.25, 0.3) is 0 Å². The molecule has 1 heterocycles. The van der Waals surface area contributed by atoms with Crippen molar-refractivity contribution >= 4 is 0 Å². The third-order valence-corrected chi connectivity index (χ3v) is 2.40. The quantitative estimate of drug-likeness (QED) is 0.549. The summed E-state index contributed by atoms with van der Waals surface area (Å²) in [4.78, 5) is 2.13. The minimum Gasteiger partial charge on any atom is -0.347 e. The Hall–Kier alpha value is -0.200. The van der Waals surface area contributed by atoms with Gasteiger partial charge >= 0.3 is 0 Å². The van der Waals surface area contributed by atoms with Crippen LogP contribution in [0.5, 0.6) is 0 Å². The molecule has 1 fully saturated rings. The molecule has 1 radical (unpaired) electrons. The van der Waals surface area contributed by atoms with E-state index in [9.17, 15) is 5.11 Å². The molecule has 0 bridgehead atoms. The van der Waals surface area contributed by atoms with Crippen LogP contribution in [0.25, 0.3) is 0 Å². The van der Waals surface area contributed by atoms with Gasteiger partial charge in [0.2, 0.25) is 6.29 Å². The fourth-order valence-corrected chi connectivity index (χ4v) is 1.53. The van der Waals surface area contributed by atoms with Gasteiger partial charge in [0.1, 0.15) is 0 Å². The second-order valence-electron chi connectivity index (χ2n) is 3.77. The first kappa shape index (κ1) is 11.9. The van der Waals surface area contributed by atoms with E-state index in [1.807, 2.05) is 0 Å². The average molecular weight is 202 g/mol. The van der Waals surface area contributed by atoms with Crippen LogP contribution in [-0.4, -0.2) is 50.0 Å². The smallest absolute Gasteiger partial charge is 0.204 e. The molecule has 14 heavy (non-hydrogen) atoms. The van der Waals surface area contributed by atoms with Crippen molar-refractivity contribution in [3.63, 3.8) is 0 Å². The summed E-state index contributed by atoms with van der Waals surface area (Å²) in [5.41, 5.74) is 10.8. The largest absolute Gasteiger partial charge is 0.347 e. The SMILES string of the molecule is NCC(N)COC([O])CN1CCCC1. The van der Waals surface area contributed by atoms with Gasteiger partial charge in [-0.15, -0.1) is 0 Å². The van der Waals surface area contributed by atoms with Gasteiger partial charge in [-0.2, -0.15) is 0 Å². The van der Waals surface area contributed by atoms with Crippen LogP contribution >= 0.6 is 0 Å². The van der Waals surface area contributed by atoms with Crippen molar-refractivity contribution in [2.45, 2.75) is 25.2 Å². The highest BCUT2D eigenvalue weighted by molar-refractivity contribution is 4.67. The summed E-state index contributed by atoms with van der Waals surface area (Å²) in [7, 11) is 0. The van der Waals surface area contributed by atoms with E-state index in [2.05, 4.69) is 4.90 Å². The van der Waals surface area contributed by atoms with Gasteiger partial charge in [-0.25, -0.2) is 5.11 Å². The second-order valence-corrected chi connectivity index (χ2v) is 3.77. The van der Waals surface area contributed by atoms with Crippen molar-refractivity contribution in [1.29, 1.82) is 0 Å². The molecule has 4 N–H and O–H groups in total. The molecule has 1 aliphatic rings. The molecular weight excluding hydrogens is 182 g/mol. The molecule has 0 aliphatic carbocycles. The Labute approximate surface area is 85.0 Å². The van der Waals surface area contributed by atoms with Crippen molar-refractivity contribution < 1.29 is 9.84 Å². The highest BCUT2D eigenvalue weighted by Crippen LogP contribution is 2.08. The van der Waals surface area contributed by atoms with Gasteiger partial charge in [0.15, 0.2) is 0 Å².